The molecule has 1 nitrogen and oxygen atoms in total. The minimum atomic E-state index is -0.428. The molecule has 144 valence electrons. The normalized spacial score (nSPS) is 26.5. The maximum atomic E-state index is 14.4. The summed E-state index contributed by atoms with van der Waals surface area (Å²) in [7, 11) is 0. The molecule has 0 aliphatic heterocycles. The van der Waals surface area contributed by atoms with Crippen molar-refractivity contribution in [2.75, 3.05) is 6.61 Å². The van der Waals surface area contributed by atoms with Crippen LogP contribution in [0.4, 0.5) is 4.39 Å². The summed E-state index contributed by atoms with van der Waals surface area (Å²) in [6.07, 6.45) is 14.0. The Morgan fingerprint density at radius 1 is 1.08 bits per heavy atom. The van der Waals surface area contributed by atoms with E-state index in [0.29, 0.717) is 6.61 Å². The molecule has 1 unspecified atom stereocenters. The quantitative estimate of drug-likeness (QED) is 0.493. The molecule has 3 rings (SSSR count). The van der Waals surface area contributed by atoms with E-state index in [4.69, 9.17) is 16.3 Å². The Morgan fingerprint density at radius 2 is 1.85 bits per heavy atom. The van der Waals surface area contributed by atoms with Crippen molar-refractivity contribution in [2.24, 2.45) is 17.8 Å². The zero-order valence-electron chi connectivity index (χ0n) is 16.2. The van der Waals surface area contributed by atoms with Gasteiger partial charge in [-0.2, -0.15) is 0 Å². The highest BCUT2D eigenvalue weighted by Gasteiger charge is 2.29. The van der Waals surface area contributed by atoms with E-state index in [1.54, 1.807) is 6.07 Å². The van der Waals surface area contributed by atoms with Crippen molar-refractivity contribution < 1.29 is 9.13 Å². The van der Waals surface area contributed by atoms with Gasteiger partial charge in [-0.25, -0.2) is 4.39 Å². The predicted octanol–water partition coefficient (Wildman–Crippen LogP) is 7.67. The van der Waals surface area contributed by atoms with Gasteiger partial charge >= 0.3 is 0 Å². The van der Waals surface area contributed by atoms with Gasteiger partial charge in [0.2, 0.25) is 0 Å². The number of allylic oxidation sites excluding steroid dienone is 2. The van der Waals surface area contributed by atoms with Crippen LogP contribution in [0.5, 0.6) is 5.75 Å². The van der Waals surface area contributed by atoms with Crippen LogP contribution in [0.15, 0.2) is 18.2 Å². The predicted molar refractivity (Wildman–Crippen MR) is 108 cm³/mol. The Kier molecular flexibility index (Phi) is 7.03. The van der Waals surface area contributed by atoms with Crippen molar-refractivity contribution in [1.82, 2.24) is 0 Å². The van der Waals surface area contributed by atoms with Gasteiger partial charge in [-0.1, -0.05) is 50.3 Å². The molecule has 0 radical (unpaired) electrons. The zero-order valence-corrected chi connectivity index (χ0v) is 17.0. The van der Waals surface area contributed by atoms with Crippen molar-refractivity contribution in [1.29, 1.82) is 0 Å². The van der Waals surface area contributed by atoms with E-state index in [1.165, 1.54) is 50.5 Å². The first-order valence-electron chi connectivity index (χ1n) is 10.4. The molecule has 0 bridgehead atoms. The van der Waals surface area contributed by atoms with Crippen LogP contribution in [0.1, 0.15) is 77.2 Å². The highest BCUT2D eigenvalue weighted by molar-refractivity contribution is 6.32. The molecule has 2 aliphatic rings. The van der Waals surface area contributed by atoms with Crippen LogP contribution < -0.4 is 4.74 Å². The minimum Gasteiger partial charge on any atom is -0.491 e. The Morgan fingerprint density at radius 3 is 2.46 bits per heavy atom. The molecule has 0 spiro atoms. The first-order chi connectivity index (χ1) is 12.6. The van der Waals surface area contributed by atoms with E-state index in [9.17, 15) is 4.39 Å². The first-order valence-corrected chi connectivity index (χ1v) is 10.8. The van der Waals surface area contributed by atoms with Crippen LogP contribution in [-0.2, 0) is 0 Å². The van der Waals surface area contributed by atoms with Crippen molar-refractivity contribution in [2.45, 2.75) is 71.6 Å². The summed E-state index contributed by atoms with van der Waals surface area (Å²) in [5.41, 5.74) is 2.05. The number of hydrogen-bond donors (Lipinski definition) is 0. The zero-order chi connectivity index (χ0) is 18.5. The minimum absolute atomic E-state index is 0.209. The Labute approximate surface area is 163 Å². The van der Waals surface area contributed by atoms with E-state index in [0.717, 1.165) is 36.2 Å². The molecule has 26 heavy (non-hydrogen) atoms. The van der Waals surface area contributed by atoms with E-state index >= 15 is 0 Å². The first kappa shape index (κ1) is 19.7. The standard InChI is InChI=1S/C23H32ClFO/c1-3-5-16-6-8-17(9-7-16)18-10-12-19(13-11-18)20-14-15-21(26-4-2)23(25)22(20)24/h12,14-18H,3-11,13H2,1-2H3. The van der Waals surface area contributed by atoms with Crippen molar-refractivity contribution in [3.05, 3.63) is 34.6 Å². The van der Waals surface area contributed by atoms with Crippen LogP contribution in [0.2, 0.25) is 5.02 Å². The SMILES string of the molecule is CCCC1CCC(C2CC=C(c3ccc(OCC)c(F)c3Cl)CC2)CC1. The fraction of sp³-hybridized carbons (Fsp3) is 0.652. The molecular weight excluding hydrogens is 347 g/mol. The third-order valence-electron chi connectivity index (χ3n) is 6.40. The van der Waals surface area contributed by atoms with Gasteiger partial charge < -0.3 is 4.74 Å². The summed E-state index contributed by atoms with van der Waals surface area (Å²) in [6, 6.07) is 3.63. The van der Waals surface area contributed by atoms with Gasteiger partial charge in [0.1, 0.15) is 0 Å². The molecule has 1 saturated carbocycles. The van der Waals surface area contributed by atoms with Crippen molar-refractivity contribution in [3.63, 3.8) is 0 Å². The molecule has 0 heterocycles. The van der Waals surface area contributed by atoms with Gasteiger partial charge in [0.25, 0.3) is 0 Å². The lowest BCUT2D eigenvalue weighted by Crippen LogP contribution is -2.23. The van der Waals surface area contributed by atoms with E-state index in [-0.39, 0.29) is 10.8 Å². The number of hydrogen-bond acceptors (Lipinski definition) is 1. The summed E-state index contributed by atoms with van der Waals surface area (Å²) in [6.45, 7) is 4.59. The molecule has 0 amide bonds. The van der Waals surface area contributed by atoms with Gasteiger partial charge in [0, 0.05) is 0 Å². The van der Waals surface area contributed by atoms with Gasteiger partial charge in [-0.3, -0.25) is 0 Å². The van der Waals surface area contributed by atoms with E-state index in [2.05, 4.69) is 13.0 Å². The number of benzene rings is 1. The molecule has 0 N–H and O–H groups in total. The number of ether oxygens (including phenoxy) is 1. The number of rotatable bonds is 6. The lowest BCUT2D eigenvalue weighted by molar-refractivity contribution is 0.189. The molecule has 1 aromatic carbocycles. The third-order valence-corrected chi connectivity index (χ3v) is 6.77. The second-order valence-corrected chi connectivity index (χ2v) is 8.38. The van der Waals surface area contributed by atoms with Gasteiger partial charge in [-0.15, -0.1) is 0 Å². The maximum absolute atomic E-state index is 14.4. The number of halogens is 2. The summed E-state index contributed by atoms with van der Waals surface area (Å²) >= 11 is 6.30. The second kappa shape index (κ2) is 9.26. The fourth-order valence-corrected chi connectivity index (χ4v) is 5.21. The van der Waals surface area contributed by atoms with Crippen LogP contribution in [0, 0.1) is 23.6 Å². The largest absolute Gasteiger partial charge is 0.491 e. The second-order valence-electron chi connectivity index (χ2n) is 8.01. The highest BCUT2D eigenvalue weighted by atomic mass is 35.5. The lowest BCUT2D eigenvalue weighted by Gasteiger charge is -2.35. The average Bonchev–Trinajstić information content (AvgIpc) is 2.67. The van der Waals surface area contributed by atoms with E-state index in [1.807, 2.05) is 13.0 Å². The highest BCUT2D eigenvalue weighted by Crippen LogP contribution is 2.43. The van der Waals surface area contributed by atoms with E-state index < -0.39 is 5.82 Å². The van der Waals surface area contributed by atoms with Crippen LogP contribution in [-0.4, -0.2) is 6.61 Å². The molecule has 1 aromatic rings. The summed E-state index contributed by atoms with van der Waals surface area (Å²) in [5.74, 6) is 2.47. The Balaban J connectivity index is 1.62. The van der Waals surface area contributed by atoms with Crippen LogP contribution in [0.3, 0.4) is 0 Å². The van der Waals surface area contributed by atoms with Crippen molar-refractivity contribution in [3.8, 4) is 5.75 Å². The van der Waals surface area contributed by atoms with Gasteiger partial charge in [0.05, 0.1) is 11.6 Å². The molecule has 1 fully saturated rings. The average molecular weight is 379 g/mol. The smallest absolute Gasteiger partial charge is 0.184 e. The van der Waals surface area contributed by atoms with Crippen LogP contribution in [0.25, 0.3) is 5.57 Å². The van der Waals surface area contributed by atoms with Crippen LogP contribution >= 0.6 is 11.6 Å². The fourth-order valence-electron chi connectivity index (χ4n) is 4.93. The van der Waals surface area contributed by atoms with Gasteiger partial charge in [-0.05, 0) is 80.1 Å². The molecular formula is C23H32ClFO. The Hall–Kier alpha value is -1.02. The molecule has 0 saturated heterocycles. The third kappa shape index (κ3) is 4.44. The monoisotopic (exact) mass is 378 g/mol. The molecule has 2 aliphatic carbocycles. The summed E-state index contributed by atoms with van der Waals surface area (Å²) in [5, 5.41) is 0.209. The molecule has 1 atom stereocenters. The Bertz CT molecular complexity index is 631. The van der Waals surface area contributed by atoms with Crippen molar-refractivity contribution >= 4 is 17.2 Å². The lowest BCUT2D eigenvalue weighted by atomic mass is 9.70. The molecule has 0 aromatic heterocycles. The van der Waals surface area contributed by atoms with Gasteiger partial charge in [0.15, 0.2) is 11.6 Å². The topological polar surface area (TPSA) is 9.23 Å². The summed E-state index contributed by atoms with van der Waals surface area (Å²) in [4.78, 5) is 0. The molecule has 3 heteroatoms. The summed E-state index contributed by atoms with van der Waals surface area (Å²) < 4.78 is 19.7. The maximum Gasteiger partial charge on any atom is 0.184 e.